The lowest BCUT2D eigenvalue weighted by molar-refractivity contribution is -0.131. The van der Waals surface area contributed by atoms with Crippen molar-refractivity contribution in [1.29, 1.82) is 0 Å². The van der Waals surface area contributed by atoms with Gasteiger partial charge >= 0.3 is 0 Å². The minimum Gasteiger partial charge on any atom is -0.380 e. The number of thiazole rings is 1. The molecule has 2 aromatic rings. The molecule has 0 aromatic carbocycles. The number of likely N-dealkylation sites (tertiary alicyclic amines) is 1. The van der Waals surface area contributed by atoms with Gasteiger partial charge in [-0.15, -0.1) is 11.3 Å². The number of rotatable bonds is 6. The predicted octanol–water partition coefficient (Wildman–Crippen LogP) is 0.913. The van der Waals surface area contributed by atoms with Gasteiger partial charge in [0.15, 0.2) is 0 Å². The van der Waals surface area contributed by atoms with E-state index in [1.165, 1.54) is 0 Å². The molecule has 0 unspecified atom stereocenters. The number of hydrogen-bond donors (Lipinski definition) is 1. The molecule has 0 bridgehead atoms. The number of nitrogens with zero attached hydrogens (tertiary/aromatic N) is 4. The smallest absolute Gasteiger partial charge is 0.230 e. The molecule has 1 amide bonds. The molecule has 8 heteroatoms. The SMILES string of the molecule is Cc1ccnn1CCNC(=O)[C@]12COC[C@H]1CN(Cc1nccs1)C2. The number of hydrogen-bond acceptors (Lipinski definition) is 6. The highest BCUT2D eigenvalue weighted by molar-refractivity contribution is 7.09. The van der Waals surface area contributed by atoms with Crippen molar-refractivity contribution < 1.29 is 9.53 Å². The molecule has 2 aliphatic rings. The van der Waals surface area contributed by atoms with Gasteiger partial charge in [-0.25, -0.2) is 4.98 Å². The first-order chi connectivity index (χ1) is 12.2. The standard InChI is InChI=1S/C17H23N5O2S/c1-13-2-3-20-22(13)6-4-19-16(23)17-11-21(8-14(17)10-24-12-17)9-15-18-5-7-25-15/h2-3,5,7,14H,4,6,8-12H2,1H3,(H,19,23)/t14-,17-/m1/s1. The van der Waals surface area contributed by atoms with Gasteiger partial charge in [-0.05, 0) is 13.0 Å². The molecular weight excluding hydrogens is 338 g/mol. The Kier molecular flexibility index (Phi) is 4.58. The highest BCUT2D eigenvalue weighted by Gasteiger charge is 2.55. The second-order valence-electron chi connectivity index (χ2n) is 6.92. The molecule has 2 aromatic heterocycles. The van der Waals surface area contributed by atoms with E-state index >= 15 is 0 Å². The van der Waals surface area contributed by atoms with Crippen molar-refractivity contribution in [2.75, 3.05) is 32.8 Å². The zero-order valence-electron chi connectivity index (χ0n) is 14.4. The monoisotopic (exact) mass is 361 g/mol. The summed E-state index contributed by atoms with van der Waals surface area (Å²) < 4.78 is 7.58. The molecule has 2 atom stereocenters. The highest BCUT2D eigenvalue weighted by Crippen LogP contribution is 2.42. The first kappa shape index (κ1) is 16.7. The lowest BCUT2D eigenvalue weighted by Crippen LogP contribution is -2.47. The minimum absolute atomic E-state index is 0.112. The van der Waals surface area contributed by atoms with Crippen molar-refractivity contribution in [2.24, 2.45) is 11.3 Å². The van der Waals surface area contributed by atoms with Crippen LogP contribution in [-0.2, 0) is 22.6 Å². The largest absolute Gasteiger partial charge is 0.380 e. The normalized spacial score (nSPS) is 26.0. The van der Waals surface area contributed by atoms with Gasteiger partial charge in [0, 0.05) is 49.0 Å². The molecule has 2 saturated heterocycles. The van der Waals surface area contributed by atoms with Crippen molar-refractivity contribution in [3.63, 3.8) is 0 Å². The average molecular weight is 361 g/mol. The van der Waals surface area contributed by atoms with E-state index < -0.39 is 5.41 Å². The Balaban J connectivity index is 1.37. The molecule has 2 fully saturated rings. The zero-order valence-corrected chi connectivity index (χ0v) is 15.2. The number of ether oxygens (including phenoxy) is 1. The Labute approximate surface area is 151 Å². The molecule has 4 heterocycles. The summed E-state index contributed by atoms with van der Waals surface area (Å²) in [6.45, 7) is 6.92. The van der Waals surface area contributed by atoms with Crippen molar-refractivity contribution in [2.45, 2.75) is 20.0 Å². The molecule has 134 valence electrons. The van der Waals surface area contributed by atoms with Crippen LogP contribution < -0.4 is 5.32 Å². The first-order valence-electron chi connectivity index (χ1n) is 8.62. The highest BCUT2D eigenvalue weighted by atomic mass is 32.1. The van der Waals surface area contributed by atoms with Crippen LogP contribution in [0.4, 0.5) is 0 Å². The zero-order chi connectivity index (χ0) is 17.3. The Morgan fingerprint density at radius 1 is 1.52 bits per heavy atom. The van der Waals surface area contributed by atoms with Gasteiger partial charge in [-0.2, -0.15) is 5.10 Å². The second-order valence-corrected chi connectivity index (χ2v) is 7.89. The van der Waals surface area contributed by atoms with Gasteiger partial charge in [0.25, 0.3) is 0 Å². The van der Waals surface area contributed by atoms with E-state index in [4.69, 9.17) is 4.74 Å². The Morgan fingerprint density at radius 3 is 3.20 bits per heavy atom. The number of carbonyl (C=O) groups is 1. The van der Waals surface area contributed by atoms with E-state index in [9.17, 15) is 4.79 Å². The third kappa shape index (κ3) is 3.21. The molecule has 0 saturated carbocycles. The van der Waals surface area contributed by atoms with Crippen LogP contribution >= 0.6 is 11.3 Å². The number of fused-ring (bicyclic) bond motifs is 1. The van der Waals surface area contributed by atoms with Crippen LogP contribution in [0.15, 0.2) is 23.8 Å². The van der Waals surface area contributed by atoms with E-state index in [0.29, 0.717) is 26.3 Å². The number of aryl methyl sites for hydroxylation is 1. The molecule has 4 rings (SSSR count). The second kappa shape index (κ2) is 6.86. The summed E-state index contributed by atoms with van der Waals surface area (Å²) in [6, 6.07) is 1.97. The quantitative estimate of drug-likeness (QED) is 0.828. The summed E-state index contributed by atoms with van der Waals surface area (Å²) in [4.78, 5) is 19.6. The number of carbonyl (C=O) groups excluding carboxylic acids is 1. The number of nitrogens with one attached hydrogen (secondary N) is 1. The van der Waals surface area contributed by atoms with Crippen LogP contribution in [0.5, 0.6) is 0 Å². The number of aromatic nitrogens is 3. The van der Waals surface area contributed by atoms with Crippen LogP contribution in [-0.4, -0.2) is 58.4 Å². The molecule has 0 spiro atoms. The molecular formula is C17H23N5O2S. The van der Waals surface area contributed by atoms with Gasteiger partial charge in [-0.1, -0.05) is 0 Å². The van der Waals surface area contributed by atoms with Crippen LogP contribution in [0.25, 0.3) is 0 Å². The van der Waals surface area contributed by atoms with Crippen LogP contribution in [0.3, 0.4) is 0 Å². The third-order valence-corrected chi connectivity index (χ3v) is 6.04. The summed E-state index contributed by atoms with van der Waals surface area (Å²) in [5.41, 5.74) is 0.682. The maximum Gasteiger partial charge on any atom is 0.230 e. The Bertz CT molecular complexity index is 731. The van der Waals surface area contributed by atoms with Gasteiger partial charge in [0.05, 0.1) is 31.7 Å². The van der Waals surface area contributed by atoms with Gasteiger partial charge in [0.2, 0.25) is 5.91 Å². The lowest BCUT2D eigenvalue weighted by Gasteiger charge is -2.26. The van der Waals surface area contributed by atoms with Gasteiger partial charge in [0.1, 0.15) is 5.01 Å². The van der Waals surface area contributed by atoms with E-state index in [2.05, 4.69) is 20.3 Å². The topological polar surface area (TPSA) is 72.3 Å². The predicted molar refractivity (Wildman–Crippen MR) is 94.1 cm³/mol. The van der Waals surface area contributed by atoms with Crippen molar-refractivity contribution in [3.8, 4) is 0 Å². The molecule has 1 N–H and O–H groups in total. The summed E-state index contributed by atoms with van der Waals surface area (Å²) in [6.07, 6.45) is 3.61. The summed E-state index contributed by atoms with van der Waals surface area (Å²) in [5, 5.41) is 10.5. The van der Waals surface area contributed by atoms with Crippen molar-refractivity contribution in [3.05, 3.63) is 34.5 Å². The van der Waals surface area contributed by atoms with E-state index in [1.54, 1.807) is 17.5 Å². The van der Waals surface area contributed by atoms with Crippen LogP contribution in [0, 0.1) is 18.3 Å². The van der Waals surface area contributed by atoms with E-state index in [-0.39, 0.29) is 11.8 Å². The molecule has 2 aliphatic heterocycles. The van der Waals surface area contributed by atoms with E-state index in [1.807, 2.05) is 29.2 Å². The van der Waals surface area contributed by atoms with Crippen LogP contribution in [0.2, 0.25) is 0 Å². The maximum absolute atomic E-state index is 12.9. The molecule has 25 heavy (non-hydrogen) atoms. The third-order valence-electron chi connectivity index (χ3n) is 5.28. The fraction of sp³-hybridized carbons (Fsp3) is 0.588. The van der Waals surface area contributed by atoms with Crippen molar-refractivity contribution in [1.82, 2.24) is 25.0 Å². The summed E-state index contributed by atoms with van der Waals surface area (Å²) in [5.74, 6) is 0.375. The molecule has 0 radical (unpaired) electrons. The lowest BCUT2D eigenvalue weighted by atomic mass is 9.80. The Morgan fingerprint density at radius 2 is 2.44 bits per heavy atom. The van der Waals surface area contributed by atoms with Gasteiger partial charge in [-0.3, -0.25) is 14.4 Å². The Hall–Kier alpha value is -1.77. The first-order valence-corrected chi connectivity index (χ1v) is 9.50. The summed E-state index contributed by atoms with van der Waals surface area (Å²) in [7, 11) is 0. The molecule has 7 nitrogen and oxygen atoms in total. The maximum atomic E-state index is 12.9. The van der Waals surface area contributed by atoms with E-state index in [0.717, 1.165) is 30.3 Å². The van der Waals surface area contributed by atoms with Crippen LogP contribution in [0.1, 0.15) is 10.7 Å². The summed E-state index contributed by atoms with van der Waals surface area (Å²) >= 11 is 1.66. The fourth-order valence-electron chi connectivity index (χ4n) is 3.89. The fourth-order valence-corrected chi connectivity index (χ4v) is 4.55. The van der Waals surface area contributed by atoms with Crippen molar-refractivity contribution >= 4 is 17.2 Å². The number of amides is 1. The minimum atomic E-state index is -0.420. The molecule has 0 aliphatic carbocycles. The van der Waals surface area contributed by atoms with Gasteiger partial charge < -0.3 is 10.1 Å². The average Bonchev–Trinajstić information content (AvgIpc) is 3.33.